The summed E-state index contributed by atoms with van der Waals surface area (Å²) in [6, 6.07) is 41.2. The Morgan fingerprint density at radius 1 is 0.520 bits per heavy atom. The minimum Gasteiger partial charge on any atom is -0.748 e. The summed E-state index contributed by atoms with van der Waals surface area (Å²) in [5.74, 6) is 0. The van der Waals surface area contributed by atoms with E-state index in [9.17, 15) is 0 Å². The van der Waals surface area contributed by atoms with Crippen molar-refractivity contribution in [3.63, 3.8) is 0 Å². The molecule has 0 nitrogen and oxygen atoms in total. The van der Waals surface area contributed by atoms with Crippen LogP contribution < -0.4 is 10.6 Å². The molecule has 0 aliphatic rings. The molecule has 4 aromatic rings. The van der Waals surface area contributed by atoms with Crippen LogP contribution in [0.1, 0.15) is 0 Å². The zero-order valence-corrected chi connectivity index (χ0v) is 17.4. The molecule has 0 saturated heterocycles. The Balaban J connectivity index is 0.000000400. The molecule has 0 amide bonds. The fourth-order valence-corrected chi connectivity index (χ4v) is 2.90. The second-order valence-electron chi connectivity index (χ2n) is 4.78. The second kappa shape index (κ2) is 16.2. The summed E-state index contributed by atoms with van der Waals surface area (Å²) in [5, 5.41) is 2.79. The van der Waals surface area contributed by atoms with Crippen LogP contribution in [0.15, 0.2) is 121 Å². The van der Waals surface area contributed by atoms with E-state index >= 15 is 0 Å². The summed E-state index contributed by atoms with van der Waals surface area (Å²) in [7, 11) is 0.777. The molecule has 0 bridgehead atoms. The van der Waals surface area contributed by atoms with Gasteiger partial charge in [-0.3, -0.25) is 0 Å². The van der Waals surface area contributed by atoms with E-state index in [0.717, 1.165) is 8.58 Å². The molecule has 0 saturated carbocycles. The molecule has 25 heavy (non-hydrogen) atoms. The molecule has 0 atom stereocenters. The summed E-state index contributed by atoms with van der Waals surface area (Å²) in [6.07, 6.45) is 0. The van der Waals surface area contributed by atoms with Crippen LogP contribution >= 0.6 is 8.58 Å². The van der Waals surface area contributed by atoms with E-state index < -0.39 is 0 Å². The Bertz CT molecular complexity index is 594. The maximum atomic E-state index is 2.17. The van der Waals surface area contributed by atoms with Crippen molar-refractivity contribution in [2.75, 3.05) is 0 Å². The van der Waals surface area contributed by atoms with Crippen LogP contribution in [-0.2, 0) is 37.5 Å². The van der Waals surface area contributed by atoms with Gasteiger partial charge in [0, 0.05) is 37.5 Å². The van der Waals surface area contributed by atoms with Crippen LogP contribution in [-0.4, -0.2) is 0 Å². The Morgan fingerprint density at radius 2 is 0.880 bits per heavy atom. The number of hydrogen-bond donors (Lipinski definition) is 0. The summed E-state index contributed by atoms with van der Waals surface area (Å²) >= 11 is 0. The summed E-state index contributed by atoms with van der Waals surface area (Å²) in [4.78, 5) is 0. The van der Waals surface area contributed by atoms with Gasteiger partial charge in [-0.2, -0.15) is 18.2 Å². The normalized spacial score (nSPS) is 8.32. The van der Waals surface area contributed by atoms with E-state index in [-0.39, 0.29) is 37.5 Å². The molecule has 0 aliphatic heterocycles. The third-order valence-corrected chi connectivity index (χ3v) is 4.19. The maximum Gasteiger partial charge on any atom is 0 e. The van der Waals surface area contributed by atoms with E-state index in [2.05, 4.69) is 60.7 Å². The monoisotopic (exact) mass is 478 g/mol. The Labute approximate surface area is 177 Å². The van der Waals surface area contributed by atoms with Gasteiger partial charge >= 0.3 is 0 Å². The molecule has 0 aromatic heterocycles. The van der Waals surface area contributed by atoms with E-state index in [1.54, 1.807) is 0 Å². The molecular weight excluding hydrogens is 457 g/mol. The molecule has 4 aromatic carbocycles. The first-order chi connectivity index (χ1) is 11.4. The zero-order valence-electron chi connectivity index (χ0n) is 13.7. The predicted molar refractivity (Wildman–Crippen MR) is 105 cm³/mol. The van der Waals surface area contributed by atoms with Crippen LogP contribution in [0.5, 0.6) is 0 Å². The third kappa shape index (κ3) is 11.9. The molecule has 0 fully saturated rings. The van der Waals surface area contributed by atoms with E-state index in [1.165, 1.54) is 10.6 Å². The fourth-order valence-electron chi connectivity index (χ4n) is 1.85. The van der Waals surface area contributed by atoms with Gasteiger partial charge in [0.1, 0.15) is 0 Å². The largest absolute Gasteiger partial charge is 0.748 e. The molecule has 0 spiro atoms. The van der Waals surface area contributed by atoms with Gasteiger partial charge in [0.2, 0.25) is 0 Å². The number of rotatable bonds is 2. The first-order valence-electron chi connectivity index (χ1n) is 7.65. The van der Waals surface area contributed by atoms with Gasteiger partial charge in [-0.05, 0) is 10.6 Å². The summed E-state index contributed by atoms with van der Waals surface area (Å²) in [6.45, 7) is 0. The van der Waals surface area contributed by atoms with Gasteiger partial charge in [0.05, 0.1) is 0 Å². The smallest absolute Gasteiger partial charge is 0 e. The van der Waals surface area contributed by atoms with Crippen molar-refractivity contribution in [1.29, 1.82) is 0 Å². The van der Waals surface area contributed by atoms with Gasteiger partial charge in [0.15, 0.2) is 0 Å². The van der Waals surface area contributed by atoms with Gasteiger partial charge in [-0.15, -0.1) is 0 Å². The first kappa shape index (κ1) is 23.8. The van der Waals surface area contributed by atoms with Crippen molar-refractivity contribution in [3.8, 4) is 0 Å². The topological polar surface area (TPSA) is 0 Å². The van der Waals surface area contributed by atoms with Crippen LogP contribution in [0.3, 0.4) is 0 Å². The molecular formula is C22H21FePPd-6. The van der Waals surface area contributed by atoms with Crippen LogP contribution in [0, 0.1) is 0 Å². The third-order valence-electron chi connectivity index (χ3n) is 2.95. The van der Waals surface area contributed by atoms with Gasteiger partial charge < -0.3 is 30.3 Å². The van der Waals surface area contributed by atoms with Crippen molar-refractivity contribution in [2.45, 2.75) is 0 Å². The second-order valence-corrected chi connectivity index (χ2v) is 6.19. The average Bonchev–Trinajstić information content (AvgIpc) is 3.35. The Morgan fingerprint density at radius 3 is 1.16 bits per heavy atom. The Hall–Kier alpha value is -1.25. The standard InChI is InChI=1S/C12H11P.2C5H5.Fe.Pd/c1-3-7-11(8-4-1)13-12-9-5-2-6-10-12;2*1-2-4-5-3-1;;/h1-10,13H;2*1-5H;;/q;-5;-1;;. The van der Waals surface area contributed by atoms with Crippen LogP contribution in [0.4, 0.5) is 0 Å². The van der Waals surface area contributed by atoms with E-state index in [1.807, 2.05) is 60.7 Å². The quantitative estimate of drug-likeness (QED) is 0.213. The van der Waals surface area contributed by atoms with Gasteiger partial charge in [-0.25, -0.2) is 12.1 Å². The van der Waals surface area contributed by atoms with Gasteiger partial charge in [0.25, 0.3) is 0 Å². The first-order valence-corrected chi connectivity index (χ1v) is 8.65. The maximum absolute atomic E-state index is 2.17. The molecule has 0 radical (unpaired) electrons. The minimum absolute atomic E-state index is 0. The molecule has 4 rings (SSSR count). The van der Waals surface area contributed by atoms with Crippen molar-refractivity contribution in [3.05, 3.63) is 121 Å². The average molecular weight is 479 g/mol. The Kier molecular flexibility index (Phi) is 15.4. The summed E-state index contributed by atoms with van der Waals surface area (Å²) in [5.41, 5.74) is 0. The van der Waals surface area contributed by atoms with Crippen molar-refractivity contribution >= 4 is 19.2 Å². The molecule has 0 N–H and O–H groups in total. The predicted octanol–water partition coefficient (Wildman–Crippen LogP) is 5.12. The minimum atomic E-state index is 0. The molecule has 0 aliphatic carbocycles. The van der Waals surface area contributed by atoms with E-state index in [0.29, 0.717) is 0 Å². The van der Waals surface area contributed by atoms with Crippen molar-refractivity contribution in [1.82, 2.24) is 0 Å². The molecule has 0 heterocycles. The van der Waals surface area contributed by atoms with Crippen LogP contribution in [0.2, 0.25) is 0 Å². The van der Waals surface area contributed by atoms with Crippen molar-refractivity contribution in [2.24, 2.45) is 0 Å². The molecule has 3 heteroatoms. The summed E-state index contributed by atoms with van der Waals surface area (Å²) < 4.78 is 0. The molecule has 0 unspecified atom stereocenters. The number of hydrogen-bond acceptors (Lipinski definition) is 0. The van der Waals surface area contributed by atoms with Gasteiger partial charge in [-0.1, -0.05) is 69.2 Å². The number of benzene rings is 2. The van der Waals surface area contributed by atoms with Crippen LogP contribution in [0.25, 0.3) is 0 Å². The SMILES string of the molecule is [Fe].[Pd].[cH-]1[cH-][cH-][cH-][cH-]1.c1cc[cH-]c1.c1ccc(Pc2ccccc2)cc1. The fraction of sp³-hybridized carbons (Fsp3) is 0. The van der Waals surface area contributed by atoms with E-state index in [4.69, 9.17) is 0 Å². The van der Waals surface area contributed by atoms with Crippen molar-refractivity contribution < 1.29 is 37.5 Å². The zero-order chi connectivity index (χ0) is 16.0. The molecule has 138 valence electrons.